The summed E-state index contributed by atoms with van der Waals surface area (Å²) in [5, 5.41) is 4.31. The lowest BCUT2D eigenvalue weighted by Gasteiger charge is -2.51. The smallest absolute Gasteiger partial charge is 0.278 e. The Balaban J connectivity index is 1.28. The van der Waals surface area contributed by atoms with Crippen LogP contribution in [-0.4, -0.2) is 75.6 Å². The molecule has 194 valence electrons. The Hall–Kier alpha value is -2.21. The molecule has 8 nitrogen and oxygen atoms in total. The third kappa shape index (κ3) is 4.73. The van der Waals surface area contributed by atoms with Gasteiger partial charge in [-0.25, -0.2) is 18.4 Å². The van der Waals surface area contributed by atoms with E-state index in [2.05, 4.69) is 15.0 Å². The van der Waals surface area contributed by atoms with Gasteiger partial charge >= 0.3 is 0 Å². The van der Waals surface area contributed by atoms with E-state index in [0.29, 0.717) is 29.6 Å². The molecule has 2 saturated heterocycles. The number of aromatic nitrogens is 3. The molecule has 3 aliphatic rings. The van der Waals surface area contributed by atoms with Crippen molar-refractivity contribution >= 4 is 35.0 Å². The van der Waals surface area contributed by atoms with Crippen LogP contribution in [0.1, 0.15) is 24.1 Å². The van der Waals surface area contributed by atoms with Crippen LogP contribution in [-0.2, 0) is 16.1 Å². The first-order valence-corrected chi connectivity index (χ1v) is 13.1. The van der Waals surface area contributed by atoms with Crippen molar-refractivity contribution in [3.8, 4) is 5.82 Å². The number of rotatable bonds is 6. The molecule has 3 aliphatic heterocycles. The highest BCUT2D eigenvalue weighted by Gasteiger charge is 2.60. The van der Waals surface area contributed by atoms with Crippen molar-refractivity contribution in [3.63, 3.8) is 0 Å². The topological polar surface area (TPSA) is 89.5 Å². The molecular weight excluding hydrogens is 510 g/mol. The van der Waals surface area contributed by atoms with Crippen molar-refractivity contribution in [3.05, 3.63) is 46.2 Å². The molecular formula is C24H29ClF2N6O2S. The molecule has 2 N–H and O–H groups in total. The Labute approximate surface area is 217 Å². The average Bonchev–Trinajstić information content (AvgIpc) is 3.41. The second kappa shape index (κ2) is 9.59. The number of halogens is 3. The summed E-state index contributed by atoms with van der Waals surface area (Å²) in [6.45, 7) is 3.60. The Kier molecular flexibility index (Phi) is 6.78. The maximum absolute atomic E-state index is 14.5. The highest BCUT2D eigenvalue weighted by molar-refractivity contribution is 8.05. The number of thioether (sulfide) groups is 1. The van der Waals surface area contributed by atoms with E-state index >= 15 is 0 Å². The number of hydrogen-bond acceptors (Lipinski definition) is 7. The Bertz CT molecular complexity index is 1180. The van der Waals surface area contributed by atoms with Gasteiger partial charge in [-0.15, -0.1) is 11.8 Å². The molecule has 12 heteroatoms. The maximum atomic E-state index is 14.5. The van der Waals surface area contributed by atoms with Crippen LogP contribution in [0.3, 0.4) is 0 Å². The molecule has 0 aromatic carbocycles. The van der Waals surface area contributed by atoms with E-state index in [4.69, 9.17) is 22.1 Å². The minimum Gasteiger partial charge on any atom is -0.368 e. The molecule has 1 spiro atoms. The van der Waals surface area contributed by atoms with E-state index in [1.165, 1.54) is 17.8 Å². The summed E-state index contributed by atoms with van der Waals surface area (Å²) in [6.07, 6.45) is 6.49. The number of carbonyl (C=O) groups excluding carboxylic acids is 1. The van der Waals surface area contributed by atoms with Gasteiger partial charge in [-0.2, -0.15) is 5.10 Å². The highest BCUT2D eigenvalue weighted by atomic mass is 35.5. The van der Waals surface area contributed by atoms with E-state index in [1.807, 2.05) is 19.2 Å². The number of hydrogen-bond donors (Lipinski definition) is 1. The monoisotopic (exact) mass is 538 g/mol. The van der Waals surface area contributed by atoms with Crippen molar-refractivity contribution in [2.75, 3.05) is 38.2 Å². The zero-order chi connectivity index (χ0) is 25.7. The number of carbonyl (C=O) groups is 1. The number of allylic oxidation sites excluding steroid dienone is 1. The number of ether oxygens (including phenoxy) is 1. The number of likely N-dealkylation sites (N-methyl/N-ethyl adjacent to an activating group) is 1. The first-order valence-electron chi connectivity index (χ1n) is 11.9. The van der Waals surface area contributed by atoms with Crippen molar-refractivity contribution in [2.45, 2.75) is 43.1 Å². The molecule has 2 aromatic rings. The number of nitrogens with two attached hydrogens (primary N) is 1. The number of alkyl halides is 2. The molecule has 5 rings (SSSR count). The summed E-state index contributed by atoms with van der Waals surface area (Å²) in [5.41, 5.74) is 7.45. The van der Waals surface area contributed by atoms with Gasteiger partial charge in [-0.3, -0.25) is 9.69 Å². The average molecular weight is 539 g/mol. The summed E-state index contributed by atoms with van der Waals surface area (Å²) in [6, 6.07) is 3.67. The number of fused-ring (bicyclic) bond motifs is 2. The Morgan fingerprint density at radius 2 is 2.14 bits per heavy atom. The van der Waals surface area contributed by atoms with Crippen molar-refractivity contribution < 1.29 is 18.3 Å². The number of pyridine rings is 1. The molecule has 5 heterocycles. The largest absolute Gasteiger partial charge is 0.368 e. The molecule has 0 bridgehead atoms. The second-order valence-electron chi connectivity index (χ2n) is 9.78. The number of aryl methyl sites for hydroxylation is 1. The van der Waals surface area contributed by atoms with Crippen LogP contribution in [0.15, 0.2) is 35.0 Å². The van der Waals surface area contributed by atoms with Crippen LogP contribution >= 0.6 is 23.4 Å². The third-order valence-electron chi connectivity index (χ3n) is 7.32. The zero-order valence-corrected chi connectivity index (χ0v) is 21.7. The number of nitrogens with zero attached hydrogens (tertiary/aromatic N) is 5. The lowest BCUT2D eigenvalue weighted by atomic mass is 9.77. The zero-order valence-electron chi connectivity index (χ0n) is 20.2. The summed E-state index contributed by atoms with van der Waals surface area (Å²) in [4.78, 5) is 19.9. The maximum Gasteiger partial charge on any atom is 0.278 e. The second-order valence-corrected chi connectivity index (χ2v) is 11.6. The van der Waals surface area contributed by atoms with Gasteiger partial charge in [0.1, 0.15) is 6.61 Å². The van der Waals surface area contributed by atoms with Crippen LogP contribution in [0, 0.1) is 12.8 Å². The van der Waals surface area contributed by atoms with Crippen molar-refractivity contribution in [1.29, 1.82) is 0 Å². The molecule has 0 radical (unpaired) electrons. The van der Waals surface area contributed by atoms with E-state index < -0.39 is 30.0 Å². The summed E-state index contributed by atoms with van der Waals surface area (Å²) in [5.74, 6) is -3.59. The van der Waals surface area contributed by atoms with Gasteiger partial charge in [-0.1, -0.05) is 11.6 Å². The van der Waals surface area contributed by atoms with E-state index in [-0.39, 0.29) is 11.8 Å². The highest BCUT2D eigenvalue weighted by Crippen LogP contribution is 2.56. The number of anilines is 1. The Morgan fingerprint density at radius 3 is 2.86 bits per heavy atom. The van der Waals surface area contributed by atoms with Crippen LogP contribution in [0.2, 0.25) is 0 Å². The summed E-state index contributed by atoms with van der Waals surface area (Å²) >= 11 is 7.49. The lowest BCUT2D eigenvalue weighted by Crippen LogP contribution is -2.61. The van der Waals surface area contributed by atoms with Gasteiger partial charge in [0.25, 0.3) is 5.92 Å². The predicted octanol–water partition coefficient (Wildman–Crippen LogP) is 3.31. The first kappa shape index (κ1) is 25.4. The van der Waals surface area contributed by atoms with Crippen LogP contribution in [0.5, 0.6) is 0 Å². The van der Waals surface area contributed by atoms with E-state index in [0.717, 1.165) is 30.0 Å². The number of primary amides is 1. The van der Waals surface area contributed by atoms with E-state index in [9.17, 15) is 13.6 Å². The molecule has 2 unspecified atom stereocenters. The SMILES string of the molecule is Cc1nn(-c2ncccc2N(C)CC(N)=O)cc1CN1CCC2(CC1)OCC(F)(F)C1C=C(Cl)SC12. The van der Waals surface area contributed by atoms with Crippen molar-refractivity contribution in [2.24, 2.45) is 11.7 Å². The van der Waals surface area contributed by atoms with Gasteiger partial charge in [-0.05, 0) is 38.0 Å². The normalized spacial score (nSPS) is 25.0. The fourth-order valence-electron chi connectivity index (χ4n) is 5.36. The third-order valence-corrected chi connectivity index (χ3v) is 9.05. The lowest BCUT2D eigenvalue weighted by molar-refractivity contribution is -0.215. The summed E-state index contributed by atoms with van der Waals surface area (Å²) in [7, 11) is 1.78. The molecule has 36 heavy (non-hydrogen) atoms. The summed E-state index contributed by atoms with van der Waals surface area (Å²) < 4.78 is 37.0. The van der Waals surface area contributed by atoms with Crippen LogP contribution < -0.4 is 10.6 Å². The standard InChI is InChI=1S/C24H29ClF2N6O2S/c1-15-16(12-33(30-15)22-18(4-3-7-29-22)31(2)13-20(28)34)11-32-8-5-23(6-9-32)21-17(10-19(25)36-21)24(26,27)14-35-23/h3-4,7,10,12,17,21H,5-6,8-9,11,13-14H2,1-2H3,(H2,28,34). The fraction of sp³-hybridized carbons (Fsp3) is 0.542. The van der Waals surface area contributed by atoms with Crippen molar-refractivity contribution in [1.82, 2.24) is 19.7 Å². The van der Waals surface area contributed by atoms with E-state index in [1.54, 1.807) is 28.9 Å². The number of piperidine rings is 1. The minimum absolute atomic E-state index is 0.0657. The molecule has 2 aromatic heterocycles. The van der Waals surface area contributed by atoms with Gasteiger partial charge in [0, 0.05) is 44.6 Å². The molecule has 2 fully saturated rings. The first-order chi connectivity index (χ1) is 17.1. The Morgan fingerprint density at radius 1 is 1.39 bits per heavy atom. The molecule has 2 atom stereocenters. The molecule has 1 amide bonds. The van der Waals surface area contributed by atoms with Crippen LogP contribution in [0.4, 0.5) is 14.5 Å². The van der Waals surface area contributed by atoms with Gasteiger partial charge in [0.05, 0.1) is 39.1 Å². The van der Waals surface area contributed by atoms with Gasteiger partial charge in [0.2, 0.25) is 5.91 Å². The van der Waals surface area contributed by atoms with Gasteiger partial charge in [0.15, 0.2) is 5.82 Å². The molecule has 0 saturated carbocycles. The van der Waals surface area contributed by atoms with Gasteiger partial charge < -0.3 is 15.4 Å². The number of likely N-dealkylation sites (tertiary alicyclic amines) is 1. The van der Waals surface area contributed by atoms with Crippen LogP contribution in [0.25, 0.3) is 5.82 Å². The number of amides is 1. The minimum atomic E-state index is -2.89. The molecule has 0 aliphatic carbocycles. The predicted molar refractivity (Wildman–Crippen MR) is 136 cm³/mol. The fourth-order valence-corrected chi connectivity index (χ4v) is 7.19. The quantitative estimate of drug-likeness (QED) is 0.603.